The van der Waals surface area contributed by atoms with Crippen molar-refractivity contribution in [3.63, 3.8) is 0 Å². The minimum absolute atomic E-state index is 0.0820. The lowest BCUT2D eigenvalue weighted by Crippen LogP contribution is -2.35. The third-order valence-electron chi connectivity index (χ3n) is 5.97. The van der Waals surface area contributed by atoms with Crippen molar-refractivity contribution in [2.75, 3.05) is 19.5 Å². The van der Waals surface area contributed by atoms with Crippen LogP contribution in [0, 0.1) is 11.6 Å². The Balaban J connectivity index is 1.86. The van der Waals surface area contributed by atoms with E-state index in [2.05, 4.69) is 10.6 Å². The molecule has 172 valence electrons. The predicted octanol–water partition coefficient (Wildman–Crippen LogP) is 4.59. The van der Waals surface area contributed by atoms with Gasteiger partial charge in [0.15, 0.2) is 5.78 Å². The lowest BCUT2D eigenvalue weighted by molar-refractivity contribution is -0.116. The van der Waals surface area contributed by atoms with Crippen molar-refractivity contribution in [1.29, 1.82) is 0 Å². The zero-order valence-corrected chi connectivity index (χ0v) is 18.6. The number of hydrogen-bond donors (Lipinski definition) is 2. The van der Waals surface area contributed by atoms with E-state index in [0.717, 1.165) is 17.8 Å². The van der Waals surface area contributed by atoms with E-state index in [-0.39, 0.29) is 11.4 Å². The molecule has 2 aliphatic rings. The lowest BCUT2D eigenvalue weighted by atomic mass is 9.74. The molecule has 2 aromatic rings. The molecule has 0 saturated carbocycles. The van der Waals surface area contributed by atoms with Crippen LogP contribution in [0.1, 0.15) is 37.7 Å². The molecule has 0 fully saturated rings. The van der Waals surface area contributed by atoms with Crippen molar-refractivity contribution in [2.45, 2.75) is 32.1 Å². The zero-order chi connectivity index (χ0) is 23.7. The van der Waals surface area contributed by atoms with E-state index in [1.807, 2.05) is 0 Å². The van der Waals surface area contributed by atoms with Gasteiger partial charge < -0.3 is 20.1 Å². The summed E-state index contributed by atoms with van der Waals surface area (Å²) in [7, 11) is 3.01. The van der Waals surface area contributed by atoms with Crippen molar-refractivity contribution in [3.8, 4) is 11.5 Å². The average molecular weight is 454 g/mol. The first kappa shape index (κ1) is 22.5. The number of amides is 1. The Bertz CT molecular complexity index is 1180. The molecule has 0 spiro atoms. The number of hydrogen-bond acceptors (Lipinski definition) is 5. The van der Waals surface area contributed by atoms with Crippen LogP contribution in [-0.2, 0) is 9.59 Å². The normalized spacial score (nSPS) is 18.0. The van der Waals surface area contributed by atoms with Crippen LogP contribution in [0.4, 0.5) is 14.5 Å². The molecule has 1 aliphatic heterocycles. The van der Waals surface area contributed by atoms with Gasteiger partial charge in [0.05, 0.1) is 20.1 Å². The van der Waals surface area contributed by atoms with E-state index >= 15 is 0 Å². The molecule has 8 heteroatoms. The van der Waals surface area contributed by atoms with E-state index in [1.54, 1.807) is 25.1 Å². The van der Waals surface area contributed by atoms with Crippen molar-refractivity contribution in [2.24, 2.45) is 0 Å². The molecule has 1 atom stereocenters. The first-order valence-corrected chi connectivity index (χ1v) is 10.6. The van der Waals surface area contributed by atoms with Crippen LogP contribution >= 0.6 is 0 Å². The molecule has 0 unspecified atom stereocenters. The van der Waals surface area contributed by atoms with Crippen molar-refractivity contribution in [3.05, 3.63) is 76.1 Å². The fraction of sp³-hybridized carbons (Fsp3) is 0.280. The van der Waals surface area contributed by atoms with Crippen molar-refractivity contribution >= 4 is 17.4 Å². The maximum Gasteiger partial charge on any atom is 0.254 e. The second-order valence-corrected chi connectivity index (χ2v) is 7.92. The number of halogens is 2. The number of ketones is 1. The number of allylic oxidation sites excluding steroid dienone is 3. The van der Waals surface area contributed by atoms with Gasteiger partial charge in [-0.25, -0.2) is 8.78 Å². The Labute approximate surface area is 190 Å². The average Bonchev–Trinajstić information content (AvgIpc) is 2.80. The summed E-state index contributed by atoms with van der Waals surface area (Å²) >= 11 is 0. The Morgan fingerprint density at radius 3 is 2.48 bits per heavy atom. The molecule has 1 heterocycles. The number of para-hydroxylation sites is 1. The standard InChI is InChI=1S/C25H24F2N2O4/c1-13-21(25(31)29-24-16(26)6-4-7-17(24)27)22(23-18(28-13)8-5-9-19(23)30)15-11-10-14(32-2)12-20(15)33-3/h4,6-7,10-12,22,28H,5,8-9H2,1-3H3,(H,29,31)/t22-/m1/s1. The summed E-state index contributed by atoms with van der Waals surface area (Å²) in [6.07, 6.45) is 1.71. The Hall–Kier alpha value is -3.68. The quantitative estimate of drug-likeness (QED) is 0.691. The molecule has 2 N–H and O–H groups in total. The second kappa shape index (κ2) is 9.05. The number of ether oxygens (including phenoxy) is 2. The molecular formula is C25H24F2N2O4. The topological polar surface area (TPSA) is 76.7 Å². The van der Waals surface area contributed by atoms with Gasteiger partial charge in [0.25, 0.3) is 5.91 Å². The van der Waals surface area contributed by atoms with Gasteiger partial charge in [-0.15, -0.1) is 0 Å². The summed E-state index contributed by atoms with van der Waals surface area (Å²) in [5.74, 6) is -2.37. The molecule has 0 bridgehead atoms. The molecule has 0 radical (unpaired) electrons. The van der Waals surface area contributed by atoms with Gasteiger partial charge in [0.1, 0.15) is 28.8 Å². The van der Waals surface area contributed by atoms with Crippen molar-refractivity contribution < 1.29 is 27.8 Å². The van der Waals surface area contributed by atoms with Gasteiger partial charge in [0.2, 0.25) is 0 Å². The fourth-order valence-corrected chi connectivity index (χ4v) is 4.45. The van der Waals surface area contributed by atoms with Crippen LogP contribution in [0.5, 0.6) is 11.5 Å². The monoisotopic (exact) mass is 454 g/mol. The lowest BCUT2D eigenvalue weighted by Gasteiger charge is -2.35. The van der Waals surface area contributed by atoms with Gasteiger partial charge >= 0.3 is 0 Å². The highest BCUT2D eigenvalue weighted by molar-refractivity contribution is 6.10. The molecule has 0 saturated heterocycles. The van der Waals surface area contributed by atoms with E-state index < -0.39 is 29.1 Å². The summed E-state index contributed by atoms with van der Waals surface area (Å²) in [5.41, 5.74) is 1.95. The molecule has 0 aromatic heterocycles. The molecule has 33 heavy (non-hydrogen) atoms. The molecule has 6 nitrogen and oxygen atoms in total. The maximum absolute atomic E-state index is 14.2. The van der Waals surface area contributed by atoms with Gasteiger partial charge in [-0.3, -0.25) is 9.59 Å². The first-order chi connectivity index (χ1) is 15.8. The molecule has 2 aromatic carbocycles. The van der Waals surface area contributed by atoms with Crippen LogP contribution in [0.15, 0.2) is 58.9 Å². The molecule has 1 aliphatic carbocycles. The Morgan fingerprint density at radius 2 is 1.82 bits per heavy atom. The van der Waals surface area contributed by atoms with Gasteiger partial charge in [-0.2, -0.15) is 0 Å². The third kappa shape index (κ3) is 4.08. The highest BCUT2D eigenvalue weighted by Gasteiger charge is 2.40. The van der Waals surface area contributed by atoms with Crippen LogP contribution in [0.3, 0.4) is 0 Å². The first-order valence-electron chi connectivity index (χ1n) is 10.6. The number of nitrogens with one attached hydrogen (secondary N) is 2. The van der Waals surface area contributed by atoms with Crippen LogP contribution in [0.25, 0.3) is 0 Å². The highest BCUT2D eigenvalue weighted by atomic mass is 19.1. The van der Waals surface area contributed by atoms with E-state index in [1.165, 1.54) is 20.3 Å². The number of methoxy groups -OCH3 is 2. The molecular weight excluding hydrogens is 430 g/mol. The third-order valence-corrected chi connectivity index (χ3v) is 5.97. The summed E-state index contributed by atoms with van der Waals surface area (Å²) < 4.78 is 39.3. The minimum Gasteiger partial charge on any atom is -0.497 e. The Kier molecular flexibility index (Phi) is 6.18. The number of carbonyl (C=O) groups excluding carboxylic acids is 2. The van der Waals surface area contributed by atoms with Crippen LogP contribution < -0.4 is 20.1 Å². The van der Waals surface area contributed by atoms with E-state index in [9.17, 15) is 18.4 Å². The summed E-state index contributed by atoms with van der Waals surface area (Å²) in [5, 5.41) is 5.54. The SMILES string of the molecule is COc1ccc([C@@H]2C(C(=O)Nc3c(F)cccc3F)=C(C)NC3=C2C(=O)CCC3)c(OC)c1. The predicted molar refractivity (Wildman–Crippen MR) is 119 cm³/mol. The fourth-order valence-electron chi connectivity index (χ4n) is 4.45. The highest BCUT2D eigenvalue weighted by Crippen LogP contribution is 2.46. The number of benzene rings is 2. The molecule has 4 rings (SSSR count). The second-order valence-electron chi connectivity index (χ2n) is 7.92. The Morgan fingerprint density at radius 1 is 1.09 bits per heavy atom. The maximum atomic E-state index is 14.2. The van der Waals surface area contributed by atoms with E-state index in [0.29, 0.717) is 47.6 Å². The summed E-state index contributed by atoms with van der Waals surface area (Å²) in [6, 6.07) is 8.48. The van der Waals surface area contributed by atoms with E-state index in [4.69, 9.17) is 9.47 Å². The van der Waals surface area contributed by atoms with Crippen molar-refractivity contribution in [1.82, 2.24) is 5.32 Å². The zero-order valence-electron chi connectivity index (χ0n) is 18.6. The number of Topliss-reactive ketones (excluding diaryl/α,β-unsaturated/α-hetero) is 1. The van der Waals surface area contributed by atoms with Crippen LogP contribution in [0.2, 0.25) is 0 Å². The van der Waals surface area contributed by atoms with Gasteiger partial charge in [-0.05, 0) is 38.0 Å². The summed E-state index contributed by atoms with van der Waals surface area (Å²) in [4.78, 5) is 26.5. The smallest absolute Gasteiger partial charge is 0.254 e. The summed E-state index contributed by atoms with van der Waals surface area (Å²) in [6.45, 7) is 1.71. The molecule has 1 amide bonds. The number of dihydropyridines is 1. The number of carbonyl (C=O) groups is 2. The minimum atomic E-state index is -0.891. The van der Waals surface area contributed by atoms with Gasteiger partial charge in [-0.1, -0.05) is 12.1 Å². The largest absolute Gasteiger partial charge is 0.497 e. The number of rotatable bonds is 5. The van der Waals surface area contributed by atoms with Crippen LogP contribution in [-0.4, -0.2) is 25.9 Å². The van der Waals surface area contributed by atoms with Gasteiger partial charge in [0, 0.05) is 40.6 Å². The number of anilines is 1.